The van der Waals surface area contributed by atoms with Crippen molar-refractivity contribution >= 4 is 11.7 Å². The maximum Gasteiger partial charge on any atom is 0.251 e. The second-order valence-corrected chi connectivity index (χ2v) is 7.48. The summed E-state index contributed by atoms with van der Waals surface area (Å²) >= 11 is 0. The van der Waals surface area contributed by atoms with Gasteiger partial charge in [-0.1, -0.05) is 0 Å². The van der Waals surface area contributed by atoms with Crippen LogP contribution in [0.4, 0.5) is 5.82 Å². The van der Waals surface area contributed by atoms with Crippen molar-refractivity contribution in [1.82, 2.24) is 24.9 Å². The quantitative estimate of drug-likeness (QED) is 0.758. The first-order chi connectivity index (χ1) is 13.5. The first-order valence-corrected chi connectivity index (χ1v) is 9.68. The average molecular weight is 378 g/mol. The van der Waals surface area contributed by atoms with Crippen molar-refractivity contribution < 1.29 is 4.79 Å². The van der Waals surface area contributed by atoms with Gasteiger partial charge >= 0.3 is 0 Å². The molecule has 7 nitrogen and oxygen atoms in total. The highest BCUT2D eigenvalue weighted by Crippen LogP contribution is 2.21. The van der Waals surface area contributed by atoms with E-state index in [1.54, 1.807) is 6.20 Å². The van der Waals surface area contributed by atoms with Crippen molar-refractivity contribution in [1.29, 1.82) is 0 Å². The molecule has 1 aromatic carbocycles. The minimum absolute atomic E-state index is 0.0249. The van der Waals surface area contributed by atoms with Gasteiger partial charge in [-0.15, -0.1) is 0 Å². The molecule has 1 aliphatic rings. The Morgan fingerprint density at radius 2 is 2.11 bits per heavy atom. The zero-order valence-electron chi connectivity index (χ0n) is 16.6. The second kappa shape index (κ2) is 7.50. The third kappa shape index (κ3) is 3.65. The number of nitrogens with zero attached hydrogens (tertiary/aromatic N) is 5. The summed E-state index contributed by atoms with van der Waals surface area (Å²) in [5.41, 5.74) is 3.70. The Labute approximate surface area is 165 Å². The molecule has 0 aliphatic carbocycles. The van der Waals surface area contributed by atoms with Gasteiger partial charge in [-0.2, -0.15) is 10.2 Å². The lowest BCUT2D eigenvalue weighted by Gasteiger charge is -2.34. The van der Waals surface area contributed by atoms with E-state index in [1.165, 1.54) is 0 Å². The van der Waals surface area contributed by atoms with Gasteiger partial charge in [0.05, 0.1) is 11.4 Å². The van der Waals surface area contributed by atoms with Crippen molar-refractivity contribution in [3.8, 4) is 5.69 Å². The first-order valence-electron chi connectivity index (χ1n) is 9.68. The summed E-state index contributed by atoms with van der Waals surface area (Å²) in [7, 11) is 1.97. The summed E-state index contributed by atoms with van der Waals surface area (Å²) in [5.74, 6) is 1.08. The average Bonchev–Trinajstić information content (AvgIpc) is 3.31. The summed E-state index contributed by atoms with van der Waals surface area (Å²) < 4.78 is 3.73. The molecule has 0 spiro atoms. The highest BCUT2D eigenvalue weighted by Gasteiger charge is 2.24. The number of hydrogen-bond acceptors (Lipinski definition) is 4. The molecule has 1 fully saturated rings. The number of aryl methyl sites for hydroxylation is 3. The number of carbonyl (C=O) groups excluding carboxylic acids is 1. The number of carbonyl (C=O) groups is 1. The number of nitrogens with one attached hydrogen (secondary N) is 1. The van der Waals surface area contributed by atoms with Crippen LogP contribution in [0.15, 0.2) is 42.7 Å². The van der Waals surface area contributed by atoms with Crippen LogP contribution in [0, 0.1) is 13.8 Å². The van der Waals surface area contributed by atoms with Gasteiger partial charge in [-0.05, 0) is 56.5 Å². The molecule has 0 saturated carbocycles. The van der Waals surface area contributed by atoms with Gasteiger partial charge in [0.1, 0.15) is 5.82 Å². The summed E-state index contributed by atoms with van der Waals surface area (Å²) in [6, 6.07) is 9.85. The predicted molar refractivity (Wildman–Crippen MR) is 109 cm³/mol. The lowest BCUT2D eigenvalue weighted by molar-refractivity contribution is 0.0933. The third-order valence-corrected chi connectivity index (χ3v) is 5.27. The van der Waals surface area contributed by atoms with Gasteiger partial charge in [-0.25, -0.2) is 4.68 Å². The van der Waals surface area contributed by atoms with E-state index in [0.29, 0.717) is 5.56 Å². The molecule has 3 heterocycles. The van der Waals surface area contributed by atoms with E-state index >= 15 is 0 Å². The van der Waals surface area contributed by atoms with E-state index in [1.807, 2.05) is 60.7 Å². The zero-order chi connectivity index (χ0) is 19.7. The highest BCUT2D eigenvalue weighted by molar-refractivity contribution is 5.95. The molecule has 2 aromatic heterocycles. The summed E-state index contributed by atoms with van der Waals surface area (Å²) in [6.45, 7) is 5.79. The molecule has 1 aliphatic heterocycles. The van der Waals surface area contributed by atoms with Crippen molar-refractivity contribution in [3.05, 3.63) is 59.5 Å². The largest absolute Gasteiger partial charge is 0.355 e. The van der Waals surface area contributed by atoms with Gasteiger partial charge in [0.2, 0.25) is 0 Å². The van der Waals surface area contributed by atoms with Crippen LogP contribution in [0.1, 0.15) is 34.5 Å². The molecule has 1 amide bonds. The Hall–Kier alpha value is -3.09. The number of aromatic nitrogens is 4. The maximum absolute atomic E-state index is 12.8. The summed E-state index contributed by atoms with van der Waals surface area (Å²) in [5, 5.41) is 11.9. The molecule has 4 rings (SSSR count). The number of hydrogen-bond donors (Lipinski definition) is 1. The minimum atomic E-state index is -0.0249. The molecule has 1 unspecified atom stereocenters. The van der Waals surface area contributed by atoms with E-state index in [9.17, 15) is 4.79 Å². The molecule has 0 radical (unpaired) electrons. The number of anilines is 1. The Balaban J connectivity index is 1.44. The van der Waals surface area contributed by atoms with Crippen molar-refractivity contribution in [2.45, 2.75) is 32.7 Å². The highest BCUT2D eigenvalue weighted by atomic mass is 16.1. The fourth-order valence-corrected chi connectivity index (χ4v) is 3.93. The Kier molecular flexibility index (Phi) is 4.90. The molecule has 0 bridgehead atoms. The topological polar surface area (TPSA) is 68.0 Å². The zero-order valence-corrected chi connectivity index (χ0v) is 16.6. The van der Waals surface area contributed by atoms with Crippen molar-refractivity contribution in [2.75, 3.05) is 18.0 Å². The summed E-state index contributed by atoms with van der Waals surface area (Å²) in [6.07, 6.45) is 5.69. The lowest BCUT2D eigenvalue weighted by atomic mass is 10.0. The molecule has 7 heteroatoms. The van der Waals surface area contributed by atoms with Crippen LogP contribution in [-0.4, -0.2) is 44.6 Å². The van der Waals surface area contributed by atoms with Crippen LogP contribution < -0.4 is 10.2 Å². The van der Waals surface area contributed by atoms with E-state index in [0.717, 1.165) is 48.7 Å². The van der Waals surface area contributed by atoms with E-state index in [-0.39, 0.29) is 11.9 Å². The number of amides is 1. The summed E-state index contributed by atoms with van der Waals surface area (Å²) in [4.78, 5) is 15.1. The fraction of sp³-hybridized carbons (Fsp3) is 0.381. The lowest BCUT2D eigenvalue weighted by Crippen LogP contribution is -2.48. The third-order valence-electron chi connectivity index (χ3n) is 5.27. The van der Waals surface area contributed by atoms with Crippen LogP contribution in [-0.2, 0) is 7.05 Å². The van der Waals surface area contributed by atoms with E-state index in [2.05, 4.69) is 26.5 Å². The Bertz CT molecular complexity index is 975. The van der Waals surface area contributed by atoms with Crippen LogP contribution >= 0.6 is 0 Å². The SMILES string of the molecule is Cc1cc(N2CCCC(NC(=O)c3ccc(-n4cccn4)c(C)c3)C2)n(C)n1. The van der Waals surface area contributed by atoms with Crippen molar-refractivity contribution in [3.63, 3.8) is 0 Å². The van der Waals surface area contributed by atoms with Gasteiger partial charge in [0.25, 0.3) is 5.91 Å². The van der Waals surface area contributed by atoms with Crippen LogP contribution in [0.5, 0.6) is 0 Å². The van der Waals surface area contributed by atoms with Gasteiger partial charge in [0.15, 0.2) is 0 Å². The minimum Gasteiger partial charge on any atom is -0.355 e. The smallest absolute Gasteiger partial charge is 0.251 e. The number of benzene rings is 1. The van der Waals surface area contributed by atoms with Gasteiger partial charge in [-0.3, -0.25) is 9.48 Å². The molecular formula is C21H26N6O. The van der Waals surface area contributed by atoms with E-state index < -0.39 is 0 Å². The molecule has 1 N–H and O–H groups in total. The van der Waals surface area contributed by atoms with Crippen LogP contribution in [0.3, 0.4) is 0 Å². The van der Waals surface area contributed by atoms with Crippen LogP contribution in [0.25, 0.3) is 5.69 Å². The molecule has 146 valence electrons. The normalized spacial score (nSPS) is 17.0. The Morgan fingerprint density at radius 3 is 2.79 bits per heavy atom. The number of piperidine rings is 1. The van der Waals surface area contributed by atoms with Crippen molar-refractivity contribution in [2.24, 2.45) is 7.05 Å². The van der Waals surface area contributed by atoms with Gasteiger partial charge < -0.3 is 10.2 Å². The molecule has 1 atom stereocenters. The molecule has 1 saturated heterocycles. The second-order valence-electron chi connectivity index (χ2n) is 7.48. The standard InChI is InChI=1S/C21H26N6O/c1-15-12-17(7-8-19(15)27-11-5-9-22-27)21(28)23-18-6-4-10-26(14-18)20-13-16(2)24-25(20)3/h5,7-9,11-13,18H,4,6,10,14H2,1-3H3,(H,23,28). The fourth-order valence-electron chi connectivity index (χ4n) is 3.93. The maximum atomic E-state index is 12.8. The predicted octanol–water partition coefficient (Wildman–Crippen LogP) is 2.62. The van der Waals surface area contributed by atoms with E-state index in [4.69, 9.17) is 0 Å². The molecule has 28 heavy (non-hydrogen) atoms. The molecular weight excluding hydrogens is 352 g/mol. The number of rotatable bonds is 4. The Morgan fingerprint density at radius 1 is 1.25 bits per heavy atom. The van der Waals surface area contributed by atoms with Crippen LogP contribution in [0.2, 0.25) is 0 Å². The molecule has 3 aromatic rings. The first kappa shape index (κ1) is 18.3. The van der Waals surface area contributed by atoms with Gasteiger partial charge in [0, 0.05) is 50.2 Å². The monoisotopic (exact) mass is 378 g/mol.